The number of rotatable bonds is 7. The van der Waals surface area contributed by atoms with E-state index in [0.29, 0.717) is 12.4 Å². The molecule has 0 saturated heterocycles. The van der Waals surface area contributed by atoms with E-state index in [1.165, 1.54) is 12.8 Å². The monoisotopic (exact) mass is 567 g/mol. The number of nitrogens with one attached hydrogen (secondary N) is 2. The molecule has 2 aromatic rings. The van der Waals surface area contributed by atoms with Crippen LogP contribution in [0.15, 0.2) is 23.3 Å². The molecule has 0 amide bonds. The van der Waals surface area contributed by atoms with Crippen LogP contribution < -0.4 is 15.4 Å². The fourth-order valence-corrected chi connectivity index (χ4v) is 4.44. The molecule has 33 heavy (non-hydrogen) atoms. The number of guanidine groups is 1. The number of ether oxygens (including phenoxy) is 1. The van der Waals surface area contributed by atoms with Crippen LogP contribution in [-0.2, 0) is 25.9 Å². The topological polar surface area (TPSA) is 89.2 Å². The summed E-state index contributed by atoms with van der Waals surface area (Å²) in [5.41, 5.74) is 1.10. The second-order valence-electron chi connectivity index (χ2n) is 9.06. The van der Waals surface area contributed by atoms with Crippen LogP contribution in [0, 0.1) is 5.92 Å². The van der Waals surface area contributed by atoms with Crippen LogP contribution in [0.3, 0.4) is 0 Å². The van der Waals surface area contributed by atoms with Crippen molar-refractivity contribution in [2.24, 2.45) is 10.9 Å². The summed E-state index contributed by atoms with van der Waals surface area (Å²) < 4.78 is 8.20. The van der Waals surface area contributed by atoms with Crippen LogP contribution >= 0.6 is 24.0 Å². The summed E-state index contributed by atoms with van der Waals surface area (Å²) in [5, 5.41) is 11.6. The number of fused-ring (bicyclic) bond motifs is 1. The van der Waals surface area contributed by atoms with E-state index < -0.39 is 0 Å². The van der Waals surface area contributed by atoms with Crippen molar-refractivity contribution >= 4 is 29.9 Å². The SMILES string of the molecule is CCNC(=NCc1ccnc(OC2CCC(C)CC2)c1)NC1CCc2nc(CC)nn2C1.I. The molecule has 182 valence electrons. The minimum absolute atomic E-state index is 0. The molecule has 0 radical (unpaired) electrons. The highest BCUT2D eigenvalue weighted by Gasteiger charge is 2.22. The van der Waals surface area contributed by atoms with Crippen molar-refractivity contribution < 1.29 is 4.74 Å². The van der Waals surface area contributed by atoms with Gasteiger partial charge in [-0.25, -0.2) is 19.6 Å². The molecule has 0 spiro atoms. The molecule has 2 aliphatic rings. The number of hydrogen-bond acceptors (Lipinski definition) is 5. The fourth-order valence-electron chi connectivity index (χ4n) is 4.44. The molecule has 9 heteroatoms. The van der Waals surface area contributed by atoms with Gasteiger partial charge in [0.15, 0.2) is 11.8 Å². The molecular formula is C24H38IN7O. The highest BCUT2D eigenvalue weighted by molar-refractivity contribution is 14.0. The molecule has 2 aromatic heterocycles. The molecule has 1 aliphatic heterocycles. The molecule has 1 saturated carbocycles. The second-order valence-corrected chi connectivity index (χ2v) is 9.06. The quantitative estimate of drug-likeness (QED) is 0.300. The zero-order chi connectivity index (χ0) is 22.3. The molecule has 1 unspecified atom stereocenters. The van der Waals surface area contributed by atoms with E-state index in [4.69, 9.17) is 9.73 Å². The predicted molar refractivity (Wildman–Crippen MR) is 141 cm³/mol. The van der Waals surface area contributed by atoms with Crippen LogP contribution in [0.25, 0.3) is 0 Å². The first-order chi connectivity index (χ1) is 15.6. The molecule has 0 bridgehead atoms. The van der Waals surface area contributed by atoms with Crippen molar-refractivity contribution in [1.82, 2.24) is 30.4 Å². The van der Waals surface area contributed by atoms with Gasteiger partial charge in [-0.1, -0.05) is 13.8 Å². The molecule has 4 rings (SSSR count). The number of halogens is 1. The minimum Gasteiger partial charge on any atom is -0.474 e. The van der Waals surface area contributed by atoms with Gasteiger partial charge in [0.05, 0.1) is 13.1 Å². The lowest BCUT2D eigenvalue weighted by molar-refractivity contribution is 0.130. The molecule has 1 aliphatic carbocycles. The van der Waals surface area contributed by atoms with E-state index in [1.54, 1.807) is 0 Å². The Morgan fingerprint density at radius 2 is 2.03 bits per heavy atom. The maximum atomic E-state index is 6.16. The number of nitrogens with zero attached hydrogens (tertiary/aromatic N) is 5. The fraction of sp³-hybridized carbons (Fsp3) is 0.667. The summed E-state index contributed by atoms with van der Waals surface area (Å²) in [6.07, 6.45) is 9.67. The highest BCUT2D eigenvalue weighted by Crippen LogP contribution is 2.26. The van der Waals surface area contributed by atoms with Gasteiger partial charge < -0.3 is 15.4 Å². The molecule has 8 nitrogen and oxygen atoms in total. The Balaban J connectivity index is 0.00000306. The van der Waals surface area contributed by atoms with Crippen molar-refractivity contribution in [2.75, 3.05) is 6.54 Å². The summed E-state index contributed by atoms with van der Waals surface area (Å²) in [6.45, 7) is 8.72. The summed E-state index contributed by atoms with van der Waals surface area (Å²) in [7, 11) is 0. The average Bonchev–Trinajstić information content (AvgIpc) is 3.22. The van der Waals surface area contributed by atoms with Crippen LogP contribution in [0.5, 0.6) is 5.88 Å². The van der Waals surface area contributed by atoms with Gasteiger partial charge in [0.1, 0.15) is 11.9 Å². The van der Waals surface area contributed by atoms with Gasteiger partial charge in [-0.15, -0.1) is 24.0 Å². The Bertz CT molecular complexity index is 908. The Labute approximate surface area is 214 Å². The van der Waals surface area contributed by atoms with E-state index in [0.717, 1.165) is 74.3 Å². The summed E-state index contributed by atoms with van der Waals surface area (Å²) in [4.78, 5) is 13.9. The van der Waals surface area contributed by atoms with E-state index in [-0.39, 0.29) is 36.1 Å². The van der Waals surface area contributed by atoms with Gasteiger partial charge in [0.25, 0.3) is 0 Å². The maximum absolute atomic E-state index is 6.16. The highest BCUT2D eigenvalue weighted by atomic mass is 127. The van der Waals surface area contributed by atoms with Gasteiger partial charge >= 0.3 is 0 Å². The number of aryl methyl sites for hydroxylation is 2. The van der Waals surface area contributed by atoms with Crippen LogP contribution in [-0.4, -0.2) is 44.4 Å². The van der Waals surface area contributed by atoms with Crippen molar-refractivity contribution in [3.8, 4) is 5.88 Å². The third-order valence-corrected chi connectivity index (χ3v) is 6.37. The Hall–Kier alpha value is -1.91. The van der Waals surface area contributed by atoms with Gasteiger partial charge in [0.2, 0.25) is 5.88 Å². The van der Waals surface area contributed by atoms with Crippen molar-refractivity contribution in [1.29, 1.82) is 0 Å². The van der Waals surface area contributed by atoms with E-state index in [1.807, 2.05) is 23.0 Å². The lowest BCUT2D eigenvalue weighted by atomic mass is 9.89. The van der Waals surface area contributed by atoms with E-state index in [9.17, 15) is 0 Å². The Kier molecular flexibility index (Phi) is 9.76. The third kappa shape index (κ3) is 7.28. The minimum atomic E-state index is 0. The number of aromatic nitrogens is 4. The van der Waals surface area contributed by atoms with E-state index in [2.05, 4.69) is 46.5 Å². The van der Waals surface area contributed by atoms with Crippen molar-refractivity contribution in [3.63, 3.8) is 0 Å². The molecule has 2 N–H and O–H groups in total. The summed E-state index contributed by atoms with van der Waals surface area (Å²) in [5.74, 6) is 4.39. The standard InChI is InChI=1S/C24H37N7O.HI/c1-4-21-29-22-11-8-19(16-31(22)30-21)28-24(25-5-2)27-15-18-12-13-26-23(14-18)32-20-9-6-17(3)7-10-20;/h12-14,17,19-20H,4-11,15-16H2,1-3H3,(H2,25,27,28);1H. The molecule has 1 atom stereocenters. The molecular weight excluding hydrogens is 529 g/mol. The smallest absolute Gasteiger partial charge is 0.213 e. The second kappa shape index (κ2) is 12.5. The zero-order valence-electron chi connectivity index (χ0n) is 20.1. The first-order valence-electron chi connectivity index (χ1n) is 12.2. The largest absolute Gasteiger partial charge is 0.474 e. The first-order valence-corrected chi connectivity index (χ1v) is 12.2. The lowest BCUT2D eigenvalue weighted by Crippen LogP contribution is -2.47. The van der Waals surface area contributed by atoms with Crippen LogP contribution in [0.1, 0.15) is 70.1 Å². The third-order valence-electron chi connectivity index (χ3n) is 6.37. The van der Waals surface area contributed by atoms with Gasteiger partial charge in [-0.3, -0.25) is 0 Å². The van der Waals surface area contributed by atoms with Crippen molar-refractivity contribution in [3.05, 3.63) is 35.5 Å². The Morgan fingerprint density at radius 3 is 2.79 bits per heavy atom. The number of hydrogen-bond donors (Lipinski definition) is 2. The molecule has 0 aromatic carbocycles. The number of aliphatic imine (C=N–C) groups is 1. The molecule has 1 fully saturated rings. The zero-order valence-corrected chi connectivity index (χ0v) is 22.4. The van der Waals surface area contributed by atoms with Gasteiger partial charge in [0, 0.05) is 37.7 Å². The average molecular weight is 568 g/mol. The number of pyridine rings is 1. The van der Waals surface area contributed by atoms with Crippen LogP contribution in [0.2, 0.25) is 0 Å². The van der Waals surface area contributed by atoms with E-state index >= 15 is 0 Å². The summed E-state index contributed by atoms with van der Waals surface area (Å²) in [6, 6.07) is 4.33. The first kappa shape index (κ1) is 25.7. The van der Waals surface area contributed by atoms with Gasteiger partial charge in [-0.05, 0) is 56.6 Å². The predicted octanol–water partition coefficient (Wildman–Crippen LogP) is 3.88. The molecule has 3 heterocycles. The Morgan fingerprint density at radius 1 is 1.21 bits per heavy atom. The summed E-state index contributed by atoms with van der Waals surface area (Å²) >= 11 is 0. The lowest BCUT2D eigenvalue weighted by Gasteiger charge is -2.26. The van der Waals surface area contributed by atoms with Gasteiger partial charge in [-0.2, -0.15) is 5.10 Å². The normalized spacial score (nSPS) is 22.8. The maximum Gasteiger partial charge on any atom is 0.213 e. The van der Waals surface area contributed by atoms with Crippen LogP contribution in [0.4, 0.5) is 0 Å². The van der Waals surface area contributed by atoms with Crippen molar-refractivity contribution in [2.45, 2.75) is 91.0 Å².